The average Bonchev–Trinajstić information content (AvgIpc) is 3.05. The minimum Gasteiger partial charge on any atom is -0.221 e. The van der Waals surface area contributed by atoms with Crippen LogP contribution in [0.2, 0.25) is 0 Å². The first-order valence-electron chi connectivity index (χ1n) is 13.0. The minimum atomic E-state index is 0.0160. The van der Waals surface area contributed by atoms with Gasteiger partial charge in [-0.05, 0) is 97.7 Å². The fourth-order valence-electron chi connectivity index (χ4n) is 8.80. The lowest BCUT2D eigenvalue weighted by Gasteiger charge is -2.58. The van der Waals surface area contributed by atoms with Crippen LogP contribution in [-0.2, 0) is 9.93 Å². The quantitative estimate of drug-likeness (QED) is 0.260. The van der Waals surface area contributed by atoms with Crippen molar-refractivity contribution in [2.24, 2.45) is 46.3 Å². The molecule has 3 heteroatoms. The number of fused-ring (bicyclic) bond motifs is 5. The number of allylic oxidation sites excluding steroid dienone is 1. The van der Waals surface area contributed by atoms with E-state index in [2.05, 4.69) is 45.7 Å². The monoisotopic (exact) mass is 418 g/mol. The molecule has 8 unspecified atom stereocenters. The molecule has 30 heavy (non-hydrogen) atoms. The Morgan fingerprint density at radius 1 is 1.03 bits per heavy atom. The lowest BCUT2D eigenvalue weighted by Crippen LogP contribution is -2.51. The molecule has 0 aromatic rings. The zero-order valence-corrected chi connectivity index (χ0v) is 20.2. The number of hydrogen-bond acceptors (Lipinski definition) is 3. The maximum absolute atomic E-state index is 8.71. The smallest absolute Gasteiger partial charge is 0.0998 e. The van der Waals surface area contributed by atoms with E-state index in [0.29, 0.717) is 10.8 Å². The van der Waals surface area contributed by atoms with E-state index in [1.807, 2.05) is 0 Å². The summed E-state index contributed by atoms with van der Waals surface area (Å²) >= 11 is 0. The van der Waals surface area contributed by atoms with Gasteiger partial charge in [-0.2, -0.15) is 0 Å². The van der Waals surface area contributed by atoms with Crippen molar-refractivity contribution in [3.8, 4) is 0 Å². The van der Waals surface area contributed by atoms with Gasteiger partial charge in [0.25, 0.3) is 0 Å². The number of hydrogen-bond donors (Lipinski definition) is 1. The third kappa shape index (κ3) is 3.92. The van der Waals surface area contributed by atoms with Gasteiger partial charge in [0, 0.05) is 0 Å². The molecule has 1 N–H and O–H groups in total. The summed E-state index contributed by atoms with van der Waals surface area (Å²) in [6.07, 6.45) is 16.9. The predicted molar refractivity (Wildman–Crippen MR) is 122 cm³/mol. The number of rotatable bonds is 7. The summed E-state index contributed by atoms with van der Waals surface area (Å²) in [7, 11) is 0. The molecule has 4 aliphatic rings. The van der Waals surface area contributed by atoms with E-state index >= 15 is 0 Å². The van der Waals surface area contributed by atoms with E-state index in [9.17, 15) is 0 Å². The van der Waals surface area contributed by atoms with E-state index in [4.69, 9.17) is 10.1 Å². The molecule has 4 aliphatic carbocycles. The summed E-state index contributed by atoms with van der Waals surface area (Å²) in [6.45, 7) is 12.5. The first-order valence-corrected chi connectivity index (χ1v) is 13.0. The van der Waals surface area contributed by atoms with Crippen LogP contribution in [0.4, 0.5) is 0 Å². The second-order valence-corrected chi connectivity index (χ2v) is 12.3. The third-order valence-corrected chi connectivity index (χ3v) is 10.4. The van der Waals surface area contributed by atoms with Gasteiger partial charge in [-0.25, -0.2) is 10.1 Å². The largest absolute Gasteiger partial charge is 0.221 e. The van der Waals surface area contributed by atoms with Crippen molar-refractivity contribution < 1.29 is 15.2 Å². The molecule has 4 rings (SSSR count). The van der Waals surface area contributed by atoms with Gasteiger partial charge >= 0.3 is 0 Å². The van der Waals surface area contributed by atoms with Crippen LogP contribution >= 0.6 is 0 Å². The maximum Gasteiger partial charge on any atom is 0.0998 e. The Morgan fingerprint density at radius 2 is 1.83 bits per heavy atom. The summed E-state index contributed by atoms with van der Waals surface area (Å²) in [4.78, 5) is 5.10. The van der Waals surface area contributed by atoms with Crippen molar-refractivity contribution in [2.45, 2.75) is 111 Å². The molecule has 3 fully saturated rings. The zero-order valence-electron chi connectivity index (χ0n) is 20.2. The molecule has 3 saturated carbocycles. The highest BCUT2D eigenvalue weighted by atomic mass is 17.5. The second kappa shape index (κ2) is 8.87. The summed E-state index contributed by atoms with van der Waals surface area (Å²) < 4.78 is 0. The van der Waals surface area contributed by atoms with Crippen molar-refractivity contribution in [1.29, 1.82) is 0 Å². The highest BCUT2D eigenvalue weighted by Gasteiger charge is 2.59. The van der Waals surface area contributed by atoms with Crippen LogP contribution < -0.4 is 0 Å². The normalized spacial score (nSPS) is 44.2. The van der Waals surface area contributed by atoms with Gasteiger partial charge in [0.1, 0.15) is 0 Å². The van der Waals surface area contributed by atoms with E-state index in [1.54, 1.807) is 5.57 Å². The van der Waals surface area contributed by atoms with E-state index < -0.39 is 0 Å². The van der Waals surface area contributed by atoms with Gasteiger partial charge in [0.05, 0.1) is 6.10 Å². The van der Waals surface area contributed by atoms with Crippen LogP contribution in [0.3, 0.4) is 0 Å². The van der Waals surface area contributed by atoms with Crippen molar-refractivity contribution in [2.75, 3.05) is 0 Å². The molecule has 8 atom stereocenters. The molecule has 0 aliphatic heterocycles. The molecule has 0 bridgehead atoms. The Hall–Kier alpha value is -0.380. The Labute approximate surface area is 184 Å². The van der Waals surface area contributed by atoms with Crippen molar-refractivity contribution >= 4 is 0 Å². The van der Waals surface area contributed by atoms with Crippen LogP contribution in [0.1, 0.15) is 105 Å². The van der Waals surface area contributed by atoms with E-state index in [0.717, 1.165) is 48.3 Å². The lowest BCUT2D eigenvalue weighted by atomic mass is 9.47. The van der Waals surface area contributed by atoms with Crippen molar-refractivity contribution in [3.05, 3.63) is 11.6 Å². The fourth-order valence-corrected chi connectivity index (χ4v) is 8.80. The fraction of sp³-hybridized carbons (Fsp3) is 0.926. The average molecular weight is 419 g/mol. The van der Waals surface area contributed by atoms with Gasteiger partial charge in [-0.15, -0.1) is 0 Å². The SMILES string of the molecule is CC(C)CCCC(C)C1CCC2C3CC=C4CC(OOO)CCC4(C)C3CCC12C. The molecular weight excluding hydrogens is 372 g/mol. The lowest BCUT2D eigenvalue weighted by molar-refractivity contribution is -0.507. The Morgan fingerprint density at radius 3 is 2.57 bits per heavy atom. The molecule has 0 amide bonds. The van der Waals surface area contributed by atoms with Gasteiger partial charge in [-0.1, -0.05) is 70.6 Å². The van der Waals surface area contributed by atoms with Gasteiger partial charge < -0.3 is 0 Å². The Kier molecular flexibility index (Phi) is 6.74. The molecule has 0 radical (unpaired) electrons. The molecule has 172 valence electrons. The summed E-state index contributed by atoms with van der Waals surface area (Å²) in [6, 6.07) is 0. The molecule has 0 aromatic carbocycles. The standard InChI is InChI=1S/C27H46O3/c1-18(2)7-6-8-19(3)23-11-12-24-22-10-9-20-17-21(29-30-28)13-15-26(20,4)25(22)14-16-27(23,24)5/h9,18-19,21-25,28H,6-8,10-17H2,1-5H3. The van der Waals surface area contributed by atoms with E-state index in [-0.39, 0.29) is 6.10 Å². The molecule has 0 aromatic heterocycles. The van der Waals surface area contributed by atoms with Gasteiger partial charge in [0.2, 0.25) is 0 Å². The minimum absolute atomic E-state index is 0.0160. The van der Waals surface area contributed by atoms with Crippen LogP contribution in [0.5, 0.6) is 0 Å². The third-order valence-electron chi connectivity index (χ3n) is 10.4. The topological polar surface area (TPSA) is 38.7 Å². The first kappa shape index (κ1) is 22.8. The summed E-state index contributed by atoms with van der Waals surface area (Å²) in [5.41, 5.74) is 2.48. The molecule has 0 spiro atoms. The van der Waals surface area contributed by atoms with Crippen LogP contribution in [-0.4, -0.2) is 11.4 Å². The first-order chi connectivity index (χ1) is 14.3. The highest BCUT2D eigenvalue weighted by molar-refractivity contribution is 5.25. The van der Waals surface area contributed by atoms with E-state index in [1.165, 1.54) is 57.8 Å². The van der Waals surface area contributed by atoms with Crippen molar-refractivity contribution in [3.63, 3.8) is 0 Å². The molecular formula is C27H46O3. The Bertz CT molecular complexity index is 628. The second-order valence-electron chi connectivity index (χ2n) is 12.3. The highest BCUT2D eigenvalue weighted by Crippen LogP contribution is 2.67. The predicted octanol–water partition coefficient (Wildman–Crippen LogP) is 7.82. The van der Waals surface area contributed by atoms with Crippen LogP contribution in [0, 0.1) is 46.3 Å². The van der Waals surface area contributed by atoms with Gasteiger partial charge in [0.15, 0.2) is 0 Å². The summed E-state index contributed by atoms with van der Waals surface area (Å²) in [5.74, 6) is 5.27. The Balaban J connectivity index is 1.47. The molecule has 0 heterocycles. The van der Waals surface area contributed by atoms with Crippen molar-refractivity contribution in [1.82, 2.24) is 0 Å². The zero-order chi connectivity index (χ0) is 21.5. The molecule has 0 saturated heterocycles. The maximum atomic E-state index is 8.71. The molecule has 3 nitrogen and oxygen atoms in total. The summed E-state index contributed by atoms with van der Waals surface area (Å²) in [5, 5.41) is 12.7. The van der Waals surface area contributed by atoms with Crippen LogP contribution in [0.15, 0.2) is 11.6 Å². The van der Waals surface area contributed by atoms with Gasteiger partial charge in [-0.3, -0.25) is 0 Å². The van der Waals surface area contributed by atoms with Crippen LogP contribution in [0.25, 0.3) is 0 Å².